The van der Waals surface area contributed by atoms with Crippen LogP contribution in [0.1, 0.15) is 27.3 Å². The van der Waals surface area contributed by atoms with Crippen molar-refractivity contribution in [1.29, 1.82) is 0 Å². The fourth-order valence-electron chi connectivity index (χ4n) is 1.71. The van der Waals surface area contributed by atoms with Crippen molar-refractivity contribution < 1.29 is 13.9 Å². The van der Waals surface area contributed by atoms with E-state index in [2.05, 4.69) is 15.4 Å². The molecule has 0 saturated heterocycles. The summed E-state index contributed by atoms with van der Waals surface area (Å²) in [4.78, 5) is 3.95. The first-order chi connectivity index (χ1) is 10.2. The Morgan fingerprint density at radius 1 is 1.36 bits per heavy atom. The maximum absolute atomic E-state index is 12.6. The lowest BCUT2D eigenvalue weighted by Gasteiger charge is -2.28. The minimum absolute atomic E-state index is 0.223. The molecule has 0 fully saturated rings. The minimum Gasteiger partial charge on any atom is -0.373 e. The highest BCUT2D eigenvalue weighted by Gasteiger charge is 2.23. The van der Waals surface area contributed by atoms with Gasteiger partial charge in [0.15, 0.2) is 0 Å². The Morgan fingerprint density at radius 2 is 2.05 bits per heavy atom. The van der Waals surface area contributed by atoms with Crippen LogP contribution < -0.4 is 5.32 Å². The third-order valence-electron chi connectivity index (χ3n) is 3.07. The van der Waals surface area contributed by atoms with Crippen molar-refractivity contribution >= 4 is 17.3 Å². The normalized spacial score (nSPS) is 13.5. The van der Waals surface area contributed by atoms with E-state index < -0.39 is 18.2 Å². The molecule has 5 nitrogen and oxygen atoms in total. The van der Waals surface area contributed by atoms with E-state index >= 15 is 0 Å². The molecule has 2 N–H and O–H groups in total. The van der Waals surface area contributed by atoms with Gasteiger partial charge in [-0.25, -0.2) is 9.67 Å². The smallest absolute Gasteiger partial charge is 0.333 e. The van der Waals surface area contributed by atoms with Gasteiger partial charge in [0.1, 0.15) is 11.4 Å². The van der Waals surface area contributed by atoms with Crippen LogP contribution >= 0.6 is 11.6 Å². The van der Waals surface area contributed by atoms with Crippen LogP contribution in [0.5, 0.6) is 0 Å². The standard InChI is InChI=1S/C14H17ClF2N4O/c1-14(2,3)12(22)19-10-6-11(15)18-7-8(10)9-4-5-21(20-9)13(16)17/h4-7,12-13,22H,1-3H3,(H,18,19). The summed E-state index contributed by atoms with van der Waals surface area (Å²) in [6.45, 7) is 2.86. The van der Waals surface area contributed by atoms with Gasteiger partial charge in [0.25, 0.3) is 0 Å². The zero-order valence-corrected chi connectivity index (χ0v) is 13.1. The van der Waals surface area contributed by atoms with E-state index in [0.29, 0.717) is 21.6 Å². The molecule has 0 bridgehead atoms. The average molecular weight is 331 g/mol. The van der Waals surface area contributed by atoms with Gasteiger partial charge >= 0.3 is 6.55 Å². The first-order valence-corrected chi connectivity index (χ1v) is 7.00. The molecule has 22 heavy (non-hydrogen) atoms. The summed E-state index contributed by atoms with van der Waals surface area (Å²) in [7, 11) is 0. The van der Waals surface area contributed by atoms with Gasteiger partial charge in [0, 0.05) is 23.4 Å². The first kappa shape index (κ1) is 16.6. The third-order valence-corrected chi connectivity index (χ3v) is 3.27. The van der Waals surface area contributed by atoms with Crippen LogP contribution in [0.3, 0.4) is 0 Å². The number of aromatic nitrogens is 3. The van der Waals surface area contributed by atoms with Crippen molar-refractivity contribution in [2.45, 2.75) is 33.5 Å². The van der Waals surface area contributed by atoms with Crippen molar-refractivity contribution in [2.24, 2.45) is 5.41 Å². The molecule has 2 heterocycles. The van der Waals surface area contributed by atoms with Crippen LogP contribution in [-0.2, 0) is 0 Å². The summed E-state index contributed by atoms with van der Waals surface area (Å²) in [5, 5.41) is 17.1. The molecule has 2 aromatic rings. The quantitative estimate of drug-likeness (QED) is 0.661. The highest BCUT2D eigenvalue weighted by molar-refractivity contribution is 6.29. The number of nitrogens with zero attached hydrogens (tertiary/aromatic N) is 3. The molecule has 0 aromatic carbocycles. The summed E-state index contributed by atoms with van der Waals surface area (Å²) in [5.41, 5.74) is 0.845. The van der Waals surface area contributed by atoms with Gasteiger partial charge in [0.05, 0.1) is 11.4 Å². The van der Waals surface area contributed by atoms with E-state index in [1.165, 1.54) is 24.5 Å². The Labute approximate surface area is 131 Å². The Bertz CT molecular complexity index is 655. The number of halogens is 3. The predicted molar refractivity (Wildman–Crippen MR) is 80.8 cm³/mol. The maximum atomic E-state index is 12.6. The molecule has 0 aliphatic carbocycles. The van der Waals surface area contributed by atoms with Gasteiger partial charge in [-0.05, 0) is 12.1 Å². The van der Waals surface area contributed by atoms with Crippen LogP contribution in [0.25, 0.3) is 11.3 Å². The van der Waals surface area contributed by atoms with Crippen molar-refractivity contribution in [1.82, 2.24) is 14.8 Å². The van der Waals surface area contributed by atoms with Crippen molar-refractivity contribution in [3.8, 4) is 11.3 Å². The lowest BCUT2D eigenvalue weighted by molar-refractivity contribution is 0.0568. The average Bonchev–Trinajstić information content (AvgIpc) is 2.87. The van der Waals surface area contributed by atoms with E-state index in [9.17, 15) is 13.9 Å². The summed E-state index contributed by atoms with van der Waals surface area (Å²) in [6, 6.07) is 2.97. The van der Waals surface area contributed by atoms with Gasteiger partial charge in [-0.15, -0.1) is 0 Å². The SMILES string of the molecule is CC(C)(C)C(O)Nc1cc(Cl)ncc1-c1ccn(C(F)F)n1. The third kappa shape index (κ3) is 3.72. The number of pyridine rings is 1. The monoisotopic (exact) mass is 330 g/mol. The summed E-state index contributed by atoms with van der Waals surface area (Å²) in [6.07, 6.45) is 1.75. The van der Waals surface area contributed by atoms with Gasteiger partial charge in [-0.1, -0.05) is 32.4 Å². The fourth-order valence-corrected chi connectivity index (χ4v) is 1.87. The molecule has 0 amide bonds. The molecular weight excluding hydrogens is 314 g/mol. The fraction of sp³-hybridized carbons (Fsp3) is 0.429. The van der Waals surface area contributed by atoms with E-state index in [0.717, 1.165) is 0 Å². The zero-order chi connectivity index (χ0) is 16.5. The minimum atomic E-state index is -2.72. The summed E-state index contributed by atoms with van der Waals surface area (Å²) >= 11 is 5.88. The molecule has 1 unspecified atom stereocenters. The van der Waals surface area contributed by atoms with Crippen molar-refractivity contribution in [3.05, 3.63) is 29.7 Å². The molecule has 0 radical (unpaired) electrons. The number of rotatable bonds is 4. The molecule has 2 aromatic heterocycles. The van der Waals surface area contributed by atoms with Crippen LogP contribution in [0.4, 0.5) is 14.5 Å². The number of anilines is 1. The molecule has 8 heteroatoms. The number of hydrogen-bond acceptors (Lipinski definition) is 4. The maximum Gasteiger partial charge on any atom is 0.333 e. The van der Waals surface area contributed by atoms with E-state index in [1.54, 1.807) is 0 Å². The number of aliphatic hydroxyl groups is 1. The Kier molecular flexibility index (Phi) is 4.67. The zero-order valence-electron chi connectivity index (χ0n) is 12.4. The Hall–Kier alpha value is -1.73. The van der Waals surface area contributed by atoms with E-state index in [1.807, 2.05) is 20.8 Å². The topological polar surface area (TPSA) is 63.0 Å². The van der Waals surface area contributed by atoms with Gasteiger partial charge in [-0.2, -0.15) is 13.9 Å². The van der Waals surface area contributed by atoms with Gasteiger partial charge in [-0.3, -0.25) is 0 Å². The van der Waals surface area contributed by atoms with E-state index in [4.69, 9.17) is 11.6 Å². The molecule has 0 spiro atoms. The highest BCUT2D eigenvalue weighted by Crippen LogP contribution is 2.31. The molecule has 1 atom stereocenters. The summed E-state index contributed by atoms with van der Waals surface area (Å²) in [5.74, 6) is 0. The predicted octanol–water partition coefficient (Wildman–Crippen LogP) is 3.77. The first-order valence-electron chi connectivity index (χ1n) is 6.62. The van der Waals surface area contributed by atoms with Crippen LogP contribution in [0.15, 0.2) is 24.5 Å². The lowest BCUT2D eigenvalue weighted by Crippen LogP contribution is -2.33. The Morgan fingerprint density at radius 3 is 2.59 bits per heavy atom. The van der Waals surface area contributed by atoms with Crippen LogP contribution in [0, 0.1) is 5.41 Å². The Balaban J connectivity index is 2.39. The number of aliphatic hydroxyl groups excluding tert-OH is 1. The molecule has 0 aliphatic rings. The summed E-state index contributed by atoms with van der Waals surface area (Å²) < 4.78 is 25.8. The highest BCUT2D eigenvalue weighted by atomic mass is 35.5. The lowest BCUT2D eigenvalue weighted by atomic mass is 9.94. The second-order valence-electron chi connectivity index (χ2n) is 5.92. The van der Waals surface area contributed by atoms with Gasteiger partial charge < -0.3 is 10.4 Å². The van der Waals surface area contributed by atoms with Crippen LogP contribution in [0.2, 0.25) is 5.15 Å². The molecule has 2 rings (SSSR count). The van der Waals surface area contributed by atoms with Gasteiger partial charge in [0.2, 0.25) is 0 Å². The van der Waals surface area contributed by atoms with E-state index in [-0.39, 0.29) is 5.15 Å². The van der Waals surface area contributed by atoms with Crippen molar-refractivity contribution in [3.63, 3.8) is 0 Å². The second-order valence-corrected chi connectivity index (χ2v) is 6.31. The molecule has 0 aliphatic heterocycles. The molecule has 120 valence electrons. The van der Waals surface area contributed by atoms with Crippen molar-refractivity contribution in [2.75, 3.05) is 5.32 Å². The molecule has 0 saturated carbocycles. The largest absolute Gasteiger partial charge is 0.373 e. The van der Waals surface area contributed by atoms with Crippen LogP contribution in [-0.4, -0.2) is 26.1 Å². The second kappa shape index (κ2) is 6.18. The molecular formula is C14H17ClF2N4O. The number of alkyl halides is 2. The number of nitrogens with one attached hydrogen (secondary N) is 1. The number of hydrogen-bond donors (Lipinski definition) is 2.